The van der Waals surface area contributed by atoms with Gasteiger partial charge in [0.15, 0.2) is 0 Å². The second-order valence-electron chi connectivity index (χ2n) is 8.76. The lowest BCUT2D eigenvalue weighted by Gasteiger charge is -2.11. The van der Waals surface area contributed by atoms with Crippen LogP contribution >= 0.6 is 0 Å². The molecule has 0 bridgehead atoms. The average Bonchev–Trinajstić information content (AvgIpc) is 3.26. The summed E-state index contributed by atoms with van der Waals surface area (Å²) < 4.78 is 14.2. The minimum absolute atomic E-state index is 0.251. The Morgan fingerprint density at radius 1 is 0.971 bits per heavy atom. The maximum atomic E-state index is 14.2. The number of fused-ring (bicyclic) bond motifs is 2. The number of aromatic amines is 1. The molecular formula is C26H25FN6O2. The molecular weight excluding hydrogens is 447 g/mol. The number of carbonyl (C=O) groups is 2. The quantitative estimate of drug-likeness (QED) is 0.353. The Kier molecular flexibility index (Phi) is 5.47. The van der Waals surface area contributed by atoms with Crippen LogP contribution in [-0.4, -0.2) is 45.3 Å². The average molecular weight is 473 g/mol. The summed E-state index contributed by atoms with van der Waals surface area (Å²) in [7, 11) is 1.47. The van der Waals surface area contributed by atoms with E-state index in [1.54, 1.807) is 37.3 Å². The molecule has 35 heavy (non-hydrogen) atoms. The summed E-state index contributed by atoms with van der Waals surface area (Å²) >= 11 is 0. The molecule has 178 valence electrons. The zero-order valence-corrected chi connectivity index (χ0v) is 19.9. The van der Waals surface area contributed by atoms with Crippen LogP contribution in [0.5, 0.6) is 0 Å². The van der Waals surface area contributed by atoms with E-state index in [1.807, 2.05) is 13.8 Å². The van der Waals surface area contributed by atoms with Gasteiger partial charge in [0, 0.05) is 36.4 Å². The highest BCUT2D eigenvalue weighted by molar-refractivity contribution is 6.21. The van der Waals surface area contributed by atoms with E-state index in [0.717, 1.165) is 27.1 Å². The highest BCUT2D eigenvalue weighted by atomic mass is 19.1. The molecule has 0 unspecified atom stereocenters. The summed E-state index contributed by atoms with van der Waals surface area (Å²) in [5.74, 6) is 0.908. The van der Waals surface area contributed by atoms with E-state index in [-0.39, 0.29) is 17.6 Å². The fraction of sp³-hybridized carbons (Fsp3) is 0.231. The molecule has 3 heterocycles. The Balaban J connectivity index is 1.32. The highest BCUT2D eigenvalue weighted by Gasteiger charge is 2.32. The van der Waals surface area contributed by atoms with Gasteiger partial charge in [-0.3, -0.25) is 14.5 Å². The number of aromatic nitrogens is 3. The van der Waals surface area contributed by atoms with Crippen LogP contribution in [0, 0.1) is 26.6 Å². The second-order valence-corrected chi connectivity index (χ2v) is 8.76. The van der Waals surface area contributed by atoms with Crippen LogP contribution in [0.4, 0.5) is 21.7 Å². The predicted molar refractivity (Wildman–Crippen MR) is 133 cm³/mol. The van der Waals surface area contributed by atoms with Crippen molar-refractivity contribution in [2.75, 3.05) is 24.2 Å². The van der Waals surface area contributed by atoms with Gasteiger partial charge in [-0.2, -0.15) is 0 Å². The van der Waals surface area contributed by atoms with E-state index in [9.17, 15) is 14.0 Å². The first-order chi connectivity index (χ1) is 16.7. The molecule has 0 radical (unpaired) electrons. The number of benzene rings is 2. The van der Waals surface area contributed by atoms with Crippen LogP contribution in [0.1, 0.15) is 43.4 Å². The lowest BCUT2D eigenvalue weighted by molar-refractivity contribution is 0.0693. The molecule has 2 aromatic heterocycles. The van der Waals surface area contributed by atoms with Crippen molar-refractivity contribution in [2.45, 2.75) is 27.2 Å². The maximum absolute atomic E-state index is 14.2. The van der Waals surface area contributed by atoms with Crippen molar-refractivity contribution in [3.8, 4) is 0 Å². The predicted octanol–water partition coefficient (Wildman–Crippen LogP) is 4.65. The molecule has 1 aliphatic heterocycles. The highest BCUT2D eigenvalue weighted by Crippen LogP contribution is 2.29. The number of imide groups is 1. The molecule has 2 aromatic carbocycles. The summed E-state index contributed by atoms with van der Waals surface area (Å²) in [6.45, 7) is 6.34. The van der Waals surface area contributed by atoms with Gasteiger partial charge in [0.05, 0.1) is 16.6 Å². The monoisotopic (exact) mass is 472 g/mol. The Morgan fingerprint density at radius 3 is 2.51 bits per heavy atom. The van der Waals surface area contributed by atoms with Crippen LogP contribution in [0.2, 0.25) is 0 Å². The molecule has 0 saturated heterocycles. The van der Waals surface area contributed by atoms with Crippen molar-refractivity contribution in [2.24, 2.45) is 0 Å². The molecule has 1 aliphatic rings. The number of nitrogens with one attached hydrogen (secondary N) is 3. The zero-order valence-electron chi connectivity index (χ0n) is 19.9. The van der Waals surface area contributed by atoms with Gasteiger partial charge in [-0.15, -0.1) is 0 Å². The number of rotatable bonds is 6. The van der Waals surface area contributed by atoms with Gasteiger partial charge in [-0.05, 0) is 62.6 Å². The first-order valence-electron chi connectivity index (χ1n) is 11.3. The van der Waals surface area contributed by atoms with Gasteiger partial charge in [0.25, 0.3) is 11.8 Å². The van der Waals surface area contributed by atoms with Crippen molar-refractivity contribution < 1.29 is 14.0 Å². The molecule has 0 spiro atoms. The SMILES string of the molecule is Cc1nc(NCCc2c(C)[nH]c3c(F)ccc(C)c23)cc(Nc2ccc3c(c2)C(=O)N(C)C3=O)n1. The van der Waals surface area contributed by atoms with E-state index in [4.69, 9.17) is 0 Å². The summed E-state index contributed by atoms with van der Waals surface area (Å²) in [6.07, 6.45) is 0.691. The largest absolute Gasteiger partial charge is 0.370 e. The molecule has 0 aliphatic carbocycles. The number of anilines is 3. The van der Waals surface area contributed by atoms with Crippen molar-refractivity contribution in [3.05, 3.63) is 76.0 Å². The van der Waals surface area contributed by atoms with Crippen LogP contribution < -0.4 is 10.6 Å². The van der Waals surface area contributed by atoms with Gasteiger partial charge in [-0.1, -0.05) is 6.07 Å². The number of amides is 2. The van der Waals surface area contributed by atoms with Crippen LogP contribution in [0.3, 0.4) is 0 Å². The fourth-order valence-electron chi connectivity index (χ4n) is 4.58. The van der Waals surface area contributed by atoms with Crippen LogP contribution in [0.25, 0.3) is 10.9 Å². The van der Waals surface area contributed by atoms with Gasteiger partial charge < -0.3 is 15.6 Å². The zero-order chi connectivity index (χ0) is 24.9. The van der Waals surface area contributed by atoms with E-state index in [1.165, 1.54) is 13.1 Å². The smallest absolute Gasteiger partial charge is 0.261 e. The van der Waals surface area contributed by atoms with Crippen LogP contribution in [0.15, 0.2) is 36.4 Å². The Hall–Kier alpha value is -4.27. The number of aryl methyl sites for hydroxylation is 3. The van der Waals surface area contributed by atoms with Crippen molar-refractivity contribution in [3.63, 3.8) is 0 Å². The Morgan fingerprint density at radius 2 is 1.71 bits per heavy atom. The van der Waals surface area contributed by atoms with E-state index >= 15 is 0 Å². The number of hydrogen-bond donors (Lipinski definition) is 3. The summed E-state index contributed by atoms with van der Waals surface area (Å²) in [4.78, 5) is 37.6. The molecule has 4 aromatic rings. The Labute approximate surface area is 201 Å². The minimum Gasteiger partial charge on any atom is -0.370 e. The van der Waals surface area contributed by atoms with Crippen molar-refractivity contribution in [1.82, 2.24) is 19.9 Å². The van der Waals surface area contributed by atoms with Crippen molar-refractivity contribution >= 4 is 40.0 Å². The summed E-state index contributed by atoms with van der Waals surface area (Å²) in [5, 5.41) is 7.46. The molecule has 5 rings (SSSR count). The minimum atomic E-state index is -0.322. The van der Waals surface area contributed by atoms with Gasteiger partial charge >= 0.3 is 0 Å². The van der Waals surface area contributed by atoms with Gasteiger partial charge in [-0.25, -0.2) is 14.4 Å². The van der Waals surface area contributed by atoms with E-state index < -0.39 is 0 Å². The number of halogens is 1. The molecule has 3 N–H and O–H groups in total. The second kappa shape index (κ2) is 8.50. The summed E-state index contributed by atoms with van der Waals surface area (Å²) in [6, 6.07) is 10.1. The fourth-order valence-corrected chi connectivity index (χ4v) is 4.58. The topological polar surface area (TPSA) is 103 Å². The third-order valence-corrected chi connectivity index (χ3v) is 6.31. The first-order valence-corrected chi connectivity index (χ1v) is 11.3. The van der Waals surface area contributed by atoms with Crippen molar-refractivity contribution in [1.29, 1.82) is 0 Å². The first kappa shape index (κ1) is 22.5. The molecule has 8 nitrogen and oxygen atoms in total. The molecule has 0 saturated carbocycles. The number of hydrogen-bond acceptors (Lipinski definition) is 6. The molecule has 0 fully saturated rings. The standard InChI is InChI=1S/C26H25FN6O2/c1-13-5-8-20(27)24-23(13)17(14(2)29-24)9-10-28-21-12-22(31-15(3)30-21)32-16-6-7-18-19(11-16)26(35)33(4)25(18)34/h5-8,11-12,29H,9-10H2,1-4H3,(H2,28,30,31,32). The number of H-pyrrole nitrogens is 1. The Bertz CT molecular complexity index is 1510. The van der Waals surface area contributed by atoms with Gasteiger partial charge in [0.1, 0.15) is 23.3 Å². The third-order valence-electron chi connectivity index (χ3n) is 6.31. The molecule has 2 amide bonds. The van der Waals surface area contributed by atoms with Crippen LogP contribution in [-0.2, 0) is 6.42 Å². The van der Waals surface area contributed by atoms with E-state index in [2.05, 4.69) is 25.6 Å². The number of carbonyl (C=O) groups excluding carboxylic acids is 2. The maximum Gasteiger partial charge on any atom is 0.261 e. The normalized spacial score (nSPS) is 13.0. The number of nitrogens with zero attached hydrogens (tertiary/aromatic N) is 3. The molecule has 0 atom stereocenters. The lowest BCUT2D eigenvalue weighted by atomic mass is 10.0. The lowest BCUT2D eigenvalue weighted by Crippen LogP contribution is -2.24. The third kappa shape index (κ3) is 3.99. The van der Waals surface area contributed by atoms with E-state index in [0.29, 0.717) is 52.8 Å². The van der Waals surface area contributed by atoms with Gasteiger partial charge in [0.2, 0.25) is 0 Å². The summed E-state index contributed by atoms with van der Waals surface area (Å²) in [5.41, 5.74) is 5.02. The molecule has 9 heteroatoms.